The Kier molecular flexibility index (Phi) is 8.34. The normalized spacial score (nSPS) is 14.3. The fourth-order valence-corrected chi connectivity index (χ4v) is 4.17. The van der Waals surface area contributed by atoms with E-state index in [1.165, 1.54) is 0 Å². The van der Waals surface area contributed by atoms with Crippen LogP contribution in [0.3, 0.4) is 0 Å². The van der Waals surface area contributed by atoms with E-state index in [1.54, 1.807) is 25.9 Å². The summed E-state index contributed by atoms with van der Waals surface area (Å²) in [7, 11) is 1.61. The van der Waals surface area contributed by atoms with Gasteiger partial charge in [-0.3, -0.25) is 0 Å². The van der Waals surface area contributed by atoms with Crippen LogP contribution >= 0.6 is 0 Å². The first-order chi connectivity index (χ1) is 18.4. The zero-order chi connectivity index (χ0) is 28.2. The van der Waals surface area contributed by atoms with E-state index >= 15 is 0 Å². The van der Waals surface area contributed by atoms with Gasteiger partial charge < -0.3 is 34.4 Å². The molecule has 0 spiro atoms. The number of amides is 1. The Morgan fingerprint density at radius 1 is 1.00 bits per heavy atom. The van der Waals surface area contributed by atoms with Gasteiger partial charge in [0.25, 0.3) is 0 Å². The van der Waals surface area contributed by atoms with Crippen LogP contribution in [0, 0.1) is 0 Å². The number of hydrogen-bond donors (Lipinski definition) is 2. The lowest BCUT2D eigenvalue weighted by atomic mass is 10.1. The number of fused-ring (bicyclic) bond motifs is 1. The first-order valence-corrected chi connectivity index (χ1v) is 13.2. The van der Waals surface area contributed by atoms with E-state index in [1.807, 2.05) is 63.2 Å². The zero-order valence-corrected chi connectivity index (χ0v) is 23.7. The minimum atomic E-state index is -0.943. The van der Waals surface area contributed by atoms with E-state index in [2.05, 4.69) is 10.2 Å². The van der Waals surface area contributed by atoms with Gasteiger partial charge in [-0.1, -0.05) is 30.3 Å². The monoisotopic (exact) mass is 537 g/mol. The number of methoxy groups -OCH3 is 1. The maximum absolute atomic E-state index is 12.6. The summed E-state index contributed by atoms with van der Waals surface area (Å²) in [5.41, 5.74) is 0.228. The van der Waals surface area contributed by atoms with Gasteiger partial charge in [0.05, 0.1) is 18.2 Å². The van der Waals surface area contributed by atoms with E-state index in [0.29, 0.717) is 55.7 Å². The number of hydrogen-bond acceptors (Lipinski definition) is 9. The summed E-state index contributed by atoms with van der Waals surface area (Å²) in [4.78, 5) is 26.0. The third-order valence-electron chi connectivity index (χ3n) is 6.11. The molecule has 0 aliphatic carbocycles. The van der Waals surface area contributed by atoms with Crippen molar-refractivity contribution >= 4 is 28.8 Å². The molecule has 2 heterocycles. The van der Waals surface area contributed by atoms with Crippen LogP contribution in [0.4, 0.5) is 16.6 Å². The number of aliphatic hydroxyl groups is 1. The van der Waals surface area contributed by atoms with Gasteiger partial charge in [-0.05, 0) is 46.2 Å². The van der Waals surface area contributed by atoms with Gasteiger partial charge in [0, 0.05) is 44.2 Å². The third-order valence-corrected chi connectivity index (χ3v) is 6.11. The fraction of sp³-hybridized carbons (Fsp3) is 0.483. The number of nitrogens with zero attached hydrogens (tertiary/aromatic N) is 4. The molecular weight excluding hydrogens is 498 g/mol. The summed E-state index contributed by atoms with van der Waals surface area (Å²) >= 11 is 0. The predicted octanol–water partition coefficient (Wildman–Crippen LogP) is 4.46. The molecule has 210 valence electrons. The van der Waals surface area contributed by atoms with Gasteiger partial charge in [0.2, 0.25) is 5.95 Å². The van der Waals surface area contributed by atoms with Crippen LogP contribution in [-0.2, 0) is 11.3 Å². The lowest BCUT2D eigenvalue weighted by molar-refractivity contribution is 0.0240. The first kappa shape index (κ1) is 28.2. The molecule has 2 aromatic carbocycles. The number of carbonyl (C=O) groups excluding carboxylic acids is 1. The minimum Gasteiger partial charge on any atom is -0.493 e. The van der Waals surface area contributed by atoms with Crippen molar-refractivity contribution in [3.05, 3.63) is 48.0 Å². The summed E-state index contributed by atoms with van der Waals surface area (Å²) in [6.45, 7) is 11.8. The van der Waals surface area contributed by atoms with Crippen LogP contribution in [0.25, 0.3) is 10.9 Å². The van der Waals surface area contributed by atoms with E-state index in [-0.39, 0.29) is 12.6 Å². The molecule has 1 saturated heterocycles. The van der Waals surface area contributed by atoms with E-state index in [9.17, 15) is 9.90 Å². The molecule has 1 aliphatic rings. The molecule has 0 unspecified atom stereocenters. The Morgan fingerprint density at radius 3 is 2.31 bits per heavy atom. The molecule has 1 fully saturated rings. The number of nitrogens with one attached hydrogen (secondary N) is 1. The van der Waals surface area contributed by atoms with Crippen LogP contribution in [-0.4, -0.2) is 77.1 Å². The maximum Gasteiger partial charge on any atom is 0.410 e. The van der Waals surface area contributed by atoms with Crippen LogP contribution in [0.1, 0.15) is 40.2 Å². The highest BCUT2D eigenvalue weighted by Crippen LogP contribution is 2.37. The molecule has 39 heavy (non-hydrogen) atoms. The van der Waals surface area contributed by atoms with Gasteiger partial charge >= 0.3 is 6.09 Å². The van der Waals surface area contributed by atoms with Gasteiger partial charge in [0.15, 0.2) is 11.5 Å². The number of benzene rings is 2. The van der Waals surface area contributed by atoms with Gasteiger partial charge in [0.1, 0.15) is 18.0 Å². The number of rotatable bonds is 8. The largest absolute Gasteiger partial charge is 0.493 e. The molecule has 1 amide bonds. The van der Waals surface area contributed by atoms with E-state index < -0.39 is 11.2 Å². The van der Waals surface area contributed by atoms with Gasteiger partial charge in [-0.25, -0.2) is 9.78 Å². The lowest BCUT2D eigenvalue weighted by Gasteiger charge is -2.36. The van der Waals surface area contributed by atoms with Crippen LogP contribution in [0.15, 0.2) is 42.5 Å². The highest BCUT2D eigenvalue weighted by Gasteiger charge is 2.28. The van der Waals surface area contributed by atoms with Crippen LogP contribution in [0.5, 0.6) is 11.5 Å². The summed E-state index contributed by atoms with van der Waals surface area (Å²) in [5, 5.41) is 14.2. The first-order valence-electron chi connectivity index (χ1n) is 13.2. The molecule has 3 aromatic rings. The molecule has 0 atom stereocenters. The third kappa shape index (κ3) is 7.63. The van der Waals surface area contributed by atoms with E-state index in [0.717, 1.165) is 16.8 Å². The Morgan fingerprint density at radius 2 is 1.69 bits per heavy atom. The number of piperazine rings is 1. The quantitative estimate of drug-likeness (QED) is 0.430. The second-order valence-corrected chi connectivity index (χ2v) is 11.3. The Bertz CT molecular complexity index is 1280. The highest BCUT2D eigenvalue weighted by molar-refractivity contribution is 5.93. The summed E-state index contributed by atoms with van der Waals surface area (Å²) < 4.78 is 17.4. The lowest BCUT2D eigenvalue weighted by Crippen LogP contribution is -2.50. The van der Waals surface area contributed by atoms with Gasteiger partial charge in [-0.2, -0.15) is 4.98 Å². The molecule has 0 bridgehead atoms. The molecule has 0 radical (unpaired) electrons. The average molecular weight is 538 g/mol. The number of ether oxygens (including phenoxy) is 3. The second kappa shape index (κ2) is 11.5. The smallest absolute Gasteiger partial charge is 0.410 e. The van der Waals surface area contributed by atoms with Crippen LogP contribution < -0.4 is 19.7 Å². The Balaban J connectivity index is 1.64. The van der Waals surface area contributed by atoms with Crippen molar-refractivity contribution in [1.29, 1.82) is 0 Å². The molecule has 10 nitrogen and oxygen atoms in total. The molecule has 1 aliphatic heterocycles. The SMILES string of the molecule is COc1cc2c(N3CCN(C(=O)OC(C)(C)C)CC3)nc(NCC(C)(C)O)nc2cc1OCc1ccccc1. The minimum absolute atomic E-state index is 0.276. The highest BCUT2D eigenvalue weighted by atomic mass is 16.6. The Hall–Kier alpha value is -3.79. The van der Waals surface area contributed by atoms with Crippen molar-refractivity contribution in [3.63, 3.8) is 0 Å². The number of aromatic nitrogens is 2. The zero-order valence-electron chi connectivity index (χ0n) is 23.7. The maximum atomic E-state index is 12.6. The van der Waals surface area contributed by atoms with E-state index in [4.69, 9.17) is 24.2 Å². The predicted molar refractivity (Wildman–Crippen MR) is 152 cm³/mol. The van der Waals surface area contributed by atoms with Crippen molar-refractivity contribution in [2.24, 2.45) is 0 Å². The molecule has 1 aromatic heterocycles. The molecule has 4 rings (SSSR count). The molecule has 10 heteroatoms. The van der Waals surface area contributed by atoms with Gasteiger partial charge in [-0.15, -0.1) is 0 Å². The summed E-state index contributed by atoms with van der Waals surface area (Å²) in [6.07, 6.45) is -0.316. The molecule has 0 saturated carbocycles. The average Bonchev–Trinajstić information content (AvgIpc) is 2.89. The molecular formula is C29H39N5O5. The second-order valence-electron chi connectivity index (χ2n) is 11.3. The topological polar surface area (TPSA) is 109 Å². The van der Waals surface area contributed by atoms with Crippen LogP contribution in [0.2, 0.25) is 0 Å². The standard InChI is InChI=1S/C29H39N5O5/c1-28(2,3)39-27(35)34-14-12-33(13-15-34)25-21-16-23(37-6)24(38-18-20-10-8-7-9-11-20)17-22(21)31-26(32-25)30-19-29(4,5)36/h7-11,16-17,36H,12-15,18-19H2,1-6H3,(H,30,31,32). The Labute approximate surface area is 229 Å². The van der Waals surface area contributed by atoms with Crippen molar-refractivity contribution in [2.75, 3.05) is 50.1 Å². The fourth-order valence-electron chi connectivity index (χ4n) is 4.17. The van der Waals surface area contributed by atoms with Crippen molar-refractivity contribution in [2.45, 2.75) is 52.4 Å². The number of carbonyl (C=O) groups is 1. The summed E-state index contributed by atoms with van der Waals surface area (Å²) in [6, 6.07) is 13.7. The summed E-state index contributed by atoms with van der Waals surface area (Å²) in [5.74, 6) is 2.26. The van der Waals surface area contributed by atoms with Crippen molar-refractivity contribution in [1.82, 2.24) is 14.9 Å². The number of anilines is 2. The van der Waals surface area contributed by atoms with Crippen molar-refractivity contribution in [3.8, 4) is 11.5 Å². The van der Waals surface area contributed by atoms with Crippen molar-refractivity contribution < 1.29 is 24.1 Å². The molecule has 2 N–H and O–H groups in total.